The summed E-state index contributed by atoms with van der Waals surface area (Å²) in [5.74, 6) is 0. The topological polar surface area (TPSA) is 77.8 Å². The molecule has 0 saturated carbocycles. The van der Waals surface area contributed by atoms with Gasteiger partial charge < -0.3 is 15.1 Å². The molecule has 0 spiro atoms. The molecule has 0 bridgehead atoms. The van der Waals surface area contributed by atoms with Crippen LogP contribution in [0.15, 0.2) is 12.1 Å². The standard InChI is InChI=1S/C3H7O4P/c1-3(5)8(6,7)2-4/h4-5H,1-2H2,(H,6,7). The molecule has 0 rings (SSSR count). The molecule has 0 radical (unpaired) electrons. The Morgan fingerprint density at radius 3 is 2.12 bits per heavy atom. The molecule has 0 fully saturated rings. The molecule has 0 amide bonds. The van der Waals surface area contributed by atoms with Gasteiger partial charge in [0, 0.05) is 0 Å². The summed E-state index contributed by atoms with van der Waals surface area (Å²) in [5, 5.41) is 16.2. The summed E-state index contributed by atoms with van der Waals surface area (Å²) in [6, 6.07) is 0. The minimum absolute atomic E-state index is 0.861. The maximum absolute atomic E-state index is 10.2. The summed E-state index contributed by atoms with van der Waals surface area (Å²) < 4.78 is 10.2. The van der Waals surface area contributed by atoms with Crippen LogP contribution in [0.1, 0.15) is 0 Å². The molecule has 0 saturated heterocycles. The number of hydrogen-bond donors (Lipinski definition) is 3. The van der Waals surface area contributed by atoms with Gasteiger partial charge in [0.2, 0.25) is 0 Å². The highest BCUT2D eigenvalue weighted by Crippen LogP contribution is 2.45. The van der Waals surface area contributed by atoms with Crippen molar-refractivity contribution in [2.24, 2.45) is 0 Å². The zero-order valence-corrected chi connectivity index (χ0v) is 5.01. The van der Waals surface area contributed by atoms with Crippen molar-refractivity contribution < 1.29 is 19.7 Å². The first-order valence-electron chi connectivity index (χ1n) is 1.82. The van der Waals surface area contributed by atoms with Gasteiger partial charge in [-0.2, -0.15) is 0 Å². The van der Waals surface area contributed by atoms with Crippen molar-refractivity contribution in [1.82, 2.24) is 0 Å². The first kappa shape index (κ1) is 7.69. The lowest BCUT2D eigenvalue weighted by Gasteiger charge is -2.02. The van der Waals surface area contributed by atoms with Gasteiger partial charge in [0.05, 0.1) is 0 Å². The molecule has 8 heavy (non-hydrogen) atoms. The summed E-state index contributed by atoms with van der Waals surface area (Å²) in [7, 11) is -3.83. The van der Waals surface area contributed by atoms with Crippen molar-refractivity contribution in [2.75, 3.05) is 6.35 Å². The highest BCUT2D eigenvalue weighted by molar-refractivity contribution is 7.61. The third-order valence-electron chi connectivity index (χ3n) is 0.595. The average molecular weight is 138 g/mol. The van der Waals surface area contributed by atoms with E-state index in [1.807, 2.05) is 0 Å². The van der Waals surface area contributed by atoms with Crippen LogP contribution in [0.3, 0.4) is 0 Å². The average Bonchev–Trinajstić information content (AvgIpc) is 1.67. The van der Waals surface area contributed by atoms with Crippen LogP contribution in [0.4, 0.5) is 0 Å². The molecule has 48 valence electrons. The van der Waals surface area contributed by atoms with E-state index in [9.17, 15) is 4.57 Å². The minimum Gasteiger partial charge on any atom is -0.503 e. The van der Waals surface area contributed by atoms with E-state index in [1.165, 1.54) is 0 Å². The molecule has 1 atom stereocenters. The van der Waals surface area contributed by atoms with E-state index in [1.54, 1.807) is 0 Å². The smallest absolute Gasteiger partial charge is 0.286 e. The molecule has 0 aromatic carbocycles. The predicted octanol–water partition coefficient (Wildman–Crippen LogP) is 0.236. The number of hydrogen-bond acceptors (Lipinski definition) is 3. The van der Waals surface area contributed by atoms with Gasteiger partial charge in [-0.25, -0.2) is 0 Å². The van der Waals surface area contributed by atoms with Gasteiger partial charge >= 0.3 is 0 Å². The van der Waals surface area contributed by atoms with E-state index in [0.29, 0.717) is 0 Å². The summed E-state index contributed by atoms with van der Waals surface area (Å²) in [6.07, 6.45) is -0.956. The third-order valence-corrected chi connectivity index (χ3v) is 1.79. The molecule has 3 N–H and O–H groups in total. The normalized spacial score (nSPS) is 17.2. The fraction of sp³-hybridized carbons (Fsp3) is 0.333. The molecule has 0 aliphatic rings. The van der Waals surface area contributed by atoms with E-state index in [-0.39, 0.29) is 0 Å². The Balaban J connectivity index is 4.15. The molecule has 0 aliphatic heterocycles. The van der Waals surface area contributed by atoms with Crippen LogP contribution in [0.25, 0.3) is 0 Å². The van der Waals surface area contributed by atoms with Crippen LogP contribution in [-0.4, -0.2) is 21.5 Å². The van der Waals surface area contributed by atoms with Gasteiger partial charge in [-0.3, -0.25) is 4.57 Å². The Morgan fingerprint density at radius 1 is 1.75 bits per heavy atom. The monoisotopic (exact) mass is 138 g/mol. The predicted molar refractivity (Wildman–Crippen MR) is 28.7 cm³/mol. The second kappa shape index (κ2) is 2.31. The Morgan fingerprint density at radius 2 is 2.12 bits per heavy atom. The van der Waals surface area contributed by atoms with E-state index in [2.05, 4.69) is 6.58 Å². The number of aliphatic hydroxyl groups is 2. The molecule has 0 heterocycles. The highest BCUT2D eigenvalue weighted by atomic mass is 31.2. The van der Waals surface area contributed by atoms with Crippen molar-refractivity contribution in [3.8, 4) is 0 Å². The van der Waals surface area contributed by atoms with Gasteiger partial charge in [0.1, 0.15) is 6.35 Å². The number of rotatable bonds is 2. The molecule has 0 aromatic rings. The van der Waals surface area contributed by atoms with Crippen LogP contribution in [0.5, 0.6) is 0 Å². The molecule has 4 nitrogen and oxygen atoms in total. The third kappa shape index (κ3) is 1.66. The van der Waals surface area contributed by atoms with Crippen LogP contribution in [-0.2, 0) is 4.57 Å². The Bertz CT molecular complexity index is 140. The largest absolute Gasteiger partial charge is 0.503 e. The summed E-state index contributed by atoms with van der Waals surface area (Å²) in [6.45, 7) is 2.78. The lowest BCUT2D eigenvalue weighted by Crippen LogP contribution is -1.88. The second-order valence-corrected chi connectivity index (χ2v) is 3.46. The van der Waals surface area contributed by atoms with Crippen molar-refractivity contribution in [3.63, 3.8) is 0 Å². The Kier molecular flexibility index (Phi) is 2.22. The molecule has 0 aromatic heterocycles. The summed E-state index contributed by atoms with van der Waals surface area (Å²) in [5.41, 5.74) is -0.861. The minimum atomic E-state index is -3.83. The van der Waals surface area contributed by atoms with Crippen molar-refractivity contribution in [1.29, 1.82) is 0 Å². The first-order chi connectivity index (χ1) is 3.50. The maximum atomic E-state index is 10.2. The lowest BCUT2D eigenvalue weighted by molar-refractivity contribution is 0.322. The quantitative estimate of drug-likeness (QED) is 0.377. The van der Waals surface area contributed by atoms with E-state index >= 15 is 0 Å². The van der Waals surface area contributed by atoms with Crippen LogP contribution in [0.2, 0.25) is 0 Å². The number of aliphatic hydroxyl groups excluding tert-OH is 2. The Labute approximate surface area is 46.5 Å². The molecular formula is C3H7O4P. The lowest BCUT2D eigenvalue weighted by atomic mass is 11.2. The zero-order valence-electron chi connectivity index (χ0n) is 4.11. The van der Waals surface area contributed by atoms with Crippen LogP contribution in [0, 0.1) is 0 Å². The fourth-order valence-electron chi connectivity index (χ4n) is 0.0816. The van der Waals surface area contributed by atoms with Gasteiger partial charge in [-0.15, -0.1) is 0 Å². The highest BCUT2D eigenvalue weighted by Gasteiger charge is 2.19. The summed E-state index contributed by atoms with van der Waals surface area (Å²) >= 11 is 0. The molecule has 0 aliphatic carbocycles. The van der Waals surface area contributed by atoms with Gasteiger partial charge in [0.25, 0.3) is 7.37 Å². The summed E-state index contributed by atoms with van der Waals surface area (Å²) in [4.78, 5) is 8.36. The van der Waals surface area contributed by atoms with Gasteiger partial charge in [-0.1, -0.05) is 6.58 Å². The van der Waals surface area contributed by atoms with Crippen molar-refractivity contribution >= 4 is 7.37 Å². The van der Waals surface area contributed by atoms with E-state index in [4.69, 9.17) is 15.1 Å². The van der Waals surface area contributed by atoms with Gasteiger partial charge in [-0.05, 0) is 0 Å². The van der Waals surface area contributed by atoms with Crippen LogP contribution < -0.4 is 0 Å². The first-order valence-corrected chi connectivity index (χ1v) is 3.66. The second-order valence-electron chi connectivity index (χ2n) is 1.26. The molecule has 1 unspecified atom stereocenters. The zero-order chi connectivity index (χ0) is 6.78. The Hall–Kier alpha value is -0.310. The maximum Gasteiger partial charge on any atom is 0.286 e. The SMILES string of the molecule is C=C(O)P(=O)(O)CO. The fourth-order valence-corrected chi connectivity index (χ4v) is 0.245. The van der Waals surface area contributed by atoms with Crippen LogP contribution >= 0.6 is 7.37 Å². The molecule has 5 heteroatoms. The van der Waals surface area contributed by atoms with Gasteiger partial charge in [0.15, 0.2) is 5.50 Å². The van der Waals surface area contributed by atoms with E-state index < -0.39 is 19.2 Å². The van der Waals surface area contributed by atoms with E-state index in [0.717, 1.165) is 0 Å². The van der Waals surface area contributed by atoms with Crippen molar-refractivity contribution in [3.05, 3.63) is 12.1 Å². The molecular weight excluding hydrogens is 131 g/mol. The van der Waals surface area contributed by atoms with Crippen molar-refractivity contribution in [2.45, 2.75) is 0 Å².